The zero-order valence-electron chi connectivity index (χ0n) is 8.21. The van der Waals surface area contributed by atoms with E-state index in [1.165, 1.54) is 0 Å². The molecule has 5 nitrogen and oxygen atoms in total. The van der Waals surface area contributed by atoms with Gasteiger partial charge in [-0.05, 0) is 5.56 Å². The Hall–Kier alpha value is -2.04. The first-order valence-corrected chi connectivity index (χ1v) is 4.32. The van der Waals surface area contributed by atoms with Gasteiger partial charge in [0, 0.05) is 6.92 Å². The van der Waals surface area contributed by atoms with E-state index in [1.807, 2.05) is 6.07 Å². The monoisotopic (exact) mass is 209 g/mol. The average Bonchev–Trinajstić information content (AvgIpc) is 2.17. The molecule has 1 aromatic rings. The Balaban J connectivity index is 2.67. The second kappa shape index (κ2) is 4.99. The number of amides is 1. The van der Waals surface area contributed by atoms with Crippen LogP contribution in [0.1, 0.15) is 12.5 Å². The van der Waals surface area contributed by atoms with Crippen LogP contribution in [0.5, 0.6) is 0 Å². The van der Waals surface area contributed by atoms with E-state index in [9.17, 15) is 9.59 Å². The molecule has 0 fully saturated rings. The fourth-order valence-corrected chi connectivity index (χ4v) is 1.04. The van der Waals surface area contributed by atoms with Crippen molar-refractivity contribution in [3.63, 3.8) is 0 Å². The molecule has 0 atom stereocenters. The van der Waals surface area contributed by atoms with E-state index in [1.54, 1.807) is 24.3 Å². The SMILES string of the molecule is CC(=O)ON(Cc1ccccc1)C(=O)O. The highest BCUT2D eigenvalue weighted by Crippen LogP contribution is 2.05. The molecular formula is C10H11NO4. The summed E-state index contributed by atoms with van der Waals surface area (Å²) in [5.41, 5.74) is 0.751. The first kappa shape index (κ1) is 11.0. The van der Waals surface area contributed by atoms with Gasteiger partial charge in [-0.25, -0.2) is 4.79 Å². The molecular weight excluding hydrogens is 198 g/mol. The van der Waals surface area contributed by atoms with Crippen molar-refractivity contribution >= 4 is 12.1 Å². The summed E-state index contributed by atoms with van der Waals surface area (Å²) < 4.78 is 0. The molecule has 0 heterocycles. The normalized spacial score (nSPS) is 9.40. The Morgan fingerprint density at radius 2 is 1.93 bits per heavy atom. The van der Waals surface area contributed by atoms with Gasteiger partial charge < -0.3 is 9.94 Å². The lowest BCUT2D eigenvalue weighted by atomic mass is 10.2. The number of benzene rings is 1. The topological polar surface area (TPSA) is 66.8 Å². The maximum Gasteiger partial charge on any atom is 0.441 e. The van der Waals surface area contributed by atoms with Gasteiger partial charge in [-0.1, -0.05) is 30.3 Å². The van der Waals surface area contributed by atoms with Crippen molar-refractivity contribution < 1.29 is 19.5 Å². The second-order valence-corrected chi connectivity index (χ2v) is 2.89. The predicted octanol–water partition coefficient (Wildman–Crippen LogP) is 1.64. The van der Waals surface area contributed by atoms with Crippen LogP contribution in [0.4, 0.5) is 4.79 Å². The van der Waals surface area contributed by atoms with Gasteiger partial charge in [0.2, 0.25) is 0 Å². The molecule has 0 bridgehead atoms. The van der Waals surface area contributed by atoms with Gasteiger partial charge in [-0.15, -0.1) is 5.06 Å². The van der Waals surface area contributed by atoms with Gasteiger partial charge in [0.25, 0.3) is 0 Å². The quantitative estimate of drug-likeness (QED) is 0.752. The molecule has 0 aliphatic rings. The highest BCUT2D eigenvalue weighted by Gasteiger charge is 2.15. The number of carboxylic acid groups (broad SMARTS) is 1. The third-order valence-corrected chi connectivity index (χ3v) is 1.62. The Kier molecular flexibility index (Phi) is 3.68. The zero-order valence-corrected chi connectivity index (χ0v) is 8.21. The summed E-state index contributed by atoms with van der Waals surface area (Å²) in [7, 11) is 0. The number of hydrogen-bond donors (Lipinski definition) is 1. The maximum absolute atomic E-state index is 10.7. The van der Waals surface area contributed by atoms with Gasteiger partial charge in [0.05, 0.1) is 6.54 Å². The standard InChI is InChI=1S/C10H11NO4/c1-8(12)15-11(10(13)14)7-9-5-3-2-4-6-9/h2-6H,7H2,1H3,(H,13,14). The molecule has 0 spiro atoms. The number of rotatable bonds is 2. The fraction of sp³-hybridized carbons (Fsp3) is 0.200. The maximum atomic E-state index is 10.7. The molecule has 1 amide bonds. The van der Waals surface area contributed by atoms with Crippen LogP contribution in [0.3, 0.4) is 0 Å². The van der Waals surface area contributed by atoms with Crippen molar-refractivity contribution in [1.82, 2.24) is 5.06 Å². The Morgan fingerprint density at radius 3 is 2.40 bits per heavy atom. The third kappa shape index (κ3) is 3.68. The highest BCUT2D eigenvalue weighted by molar-refractivity contribution is 5.70. The minimum atomic E-state index is -1.30. The van der Waals surface area contributed by atoms with E-state index < -0.39 is 12.1 Å². The van der Waals surface area contributed by atoms with Gasteiger partial charge in [0.15, 0.2) is 0 Å². The summed E-state index contributed by atoms with van der Waals surface area (Å²) in [6, 6.07) is 8.88. The first-order chi connectivity index (χ1) is 7.09. The van der Waals surface area contributed by atoms with E-state index in [-0.39, 0.29) is 6.54 Å². The lowest BCUT2D eigenvalue weighted by Crippen LogP contribution is -2.30. The zero-order chi connectivity index (χ0) is 11.3. The van der Waals surface area contributed by atoms with E-state index in [0.29, 0.717) is 5.06 Å². The number of carbonyl (C=O) groups is 2. The minimum Gasteiger partial charge on any atom is -0.463 e. The highest BCUT2D eigenvalue weighted by atomic mass is 16.7. The van der Waals surface area contributed by atoms with Gasteiger partial charge in [-0.2, -0.15) is 0 Å². The van der Waals surface area contributed by atoms with Crippen molar-refractivity contribution in [3.05, 3.63) is 35.9 Å². The molecule has 80 valence electrons. The van der Waals surface area contributed by atoms with Crippen LogP contribution >= 0.6 is 0 Å². The van der Waals surface area contributed by atoms with E-state index in [0.717, 1.165) is 12.5 Å². The van der Waals surface area contributed by atoms with Crippen LogP contribution in [-0.4, -0.2) is 22.2 Å². The van der Waals surface area contributed by atoms with Crippen molar-refractivity contribution in [2.24, 2.45) is 0 Å². The lowest BCUT2D eigenvalue weighted by Gasteiger charge is -2.16. The van der Waals surface area contributed by atoms with Crippen LogP contribution < -0.4 is 0 Å². The molecule has 1 aromatic carbocycles. The summed E-state index contributed by atoms with van der Waals surface area (Å²) in [6.45, 7) is 1.18. The summed E-state index contributed by atoms with van der Waals surface area (Å²) >= 11 is 0. The van der Waals surface area contributed by atoms with Gasteiger partial charge in [-0.3, -0.25) is 4.79 Å². The Bertz CT molecular complexity index is 350. The third-order valence-electron chi connectivity index (χ3n) is 1.62. The van der Waals surface area contributed by atoms with Crippen LogP contribution in [0, 0.1) is 0 Å². The van der Waals surface area contributed by atoms with E-state index >= 15 is 0 Å². The second-order valence-electron chi connectivity index (χ2n) is 2.89. The molecule has 1 N–H and O–H groups in total. The van der Waals surface area contributed by atoms with Gasteiger partial charge in [0.1, 0.15) is 0 Å². The van der Waals surface area contributed by atoms with Crippen molar-refractivity contribution in [2.75, 3.05) is 0 Å². The summed E-state index contributed by atoms with van der Waals surface area (Å²) in [5.74, 6) is -0.659. The van der Waals surface area contributed by atoms with E-state index in [2.05, 4.69) is 4.84 Å². The molecule has 1 rings (SSSR count). The first-order valence-electron chi connectivity index (χ1n) is 4.32. The summed E-state index contributed by atoms with van der Waals surface area (Å²) in [6.07, 6.45) is -1.30. The van der Waals surface area contributed by atoms with Crippen LogP contribution in [0.15, 0.2) is 30.3 Å². The molecule has 0 aliphatic heterocycles. The van der Waals surface area contributed by atoms with Crippen LogP contribution in [0.25, 0.3) is 0 Å². The predicted molar refractivity (Wildman–Crippen MR) is 51.8 cm³/mol. The molecule has 5 heteroatoms. The minimum absolute atomic E-state index is 0.0236. The molecule has 0 unspecified atom stereocenters. The summed E-state index contributed by atoms with van der Waals surface area (Å²) in [5, 5.41) is 9.33. The smallest absolute Gasteiger partial charge is 0.441 e. The van der Waals surface area contributed by atoms with Crippen LogP contribution in [-0.2, 0) is 16.2 Å². The number of carbonyl (C=O) groups excluding carboxylic acids is 1. The molecule has 15 heavy (non-hydrogen) atoms. The molecule has 0 aromatic heterocycles. The average molecular weight is 209 g/mol. The Morgan fingerprint density at radius 1 is 1.33 bits per heavy atom. The van der Waals surface area contributed by atoms with Crippen molar-refractivity contribution in [3.8, 4) is 0 Å². The molecule has 0 saturated heterocycles. The molecule has 0 radical (unpaired) electrons. The van der Waals surface area contributed by atoms with Crippen LogP contribution in [0.2, 0.25) is 0 Å². The Labute approximate surface area is 86.8 Å². The lowest BCUT2D eigenvalue weighted by molar-refractivity contribution is -0.179. The number of hydroxylamine groups is 2. The fourth-order valence-electron chi connectivity index (χ4n) is 1.04. The van der Waals surface area contributed by atoms with Gasteiger partial charge >= 0.3 is 12.1 Å². The number of hydrogen-bond acceptors (Lipinski definition) is 3. The van der Waals surface area contributed by atoms with Crippen molar-refractivity contribution in [2.45, 2.75) is 13.5 Å². The molecule has 0 saturated carbocycles. The largest absolute Gasteiger partial charge is 0.463 e. The van der Waals surface area contributed by atoms with E-state index in [4.69, 9.17) is 5.11 Å². The van der Waals surface area contributed by atoms with Crippen molar-refractivity contribution in [1.29, 1.82) is 0 Å². The number of nitrogens with zero attached hydrogens (tertiary/aromatic N) is 1. The summed E-state index contributed by atoms with van der Waals surface area (Å²) in [4.78, 5) is 25.8. The molecule has 0 aliphatic carbocycles.